The molecule has 0 unspecified atom stereocenters. The van der Waals surface area contributed by atoms with Crippen molar-refractivity contribution < 1.29 is 22.7 Å². The Bertz CT molecular complexity index is 1930. The zero-order valence-electron chi connectivity index (χ0n) is 23.3. The Balaban J connectivity index is 1.65. The van der Waals surface area contributed by atoms with Crippen molar-refractivity contribution in [3.8, 4) is 23.1 Å². The molecule has 4 aromatic rings. The molecule has 220 valence electrons. The van der Waals surface area contributed by atoms with Crippen LogP contribution in [0.2, 0.25) is 0 Å². The number of primary amides is 1. The molecule has 43 heavy (non-hydrogen) atoms. The van der Waals surface area contributed by atoms with Crippen LogP contribution in [0.15, 0.2) is 81.3 Å². The van der Waals surface area contributed by atoms with E-state index in [9.17, 15) is 32.8 Å². The number of rotatable bonds is 10. The first-order valence-corrected chi connectivity index (χ1v) is 15.3. The molecule has 0 aliphatic heterocycles. The molecular weight excluding hydrogens is 571 g/mol. The number of sulfone groups is 1. The summed E-state index contributed by atoms with van der Waals surface area (Å²) in [7, 11) is -4.58. The molecule has 1 fully saturated rings. The van der Waals surface area contributed by atoms with Crippen molar-refractivity contribution in [3.05, 3.63) is 105 Å². The highest BCUT2D eigenvalue weighted by atomic mass is 32.2. The third-order valence-corrected chi connectivity index (χ3v) is 9.37. The lowest BCUT2D eigenvalue weighted by Crippen LogP contribution is -2.28. The number of hydrogen-bond acceptors (Lipinski definition) is 7. The summed E-state index contributed by atoms with van der Waals surface area (Å²) in [5.41, 5.74) is 6.08. The largest absolute Gasteiger partial charge is 0.493 e. The minimum atomic E-state index is -4.58. The van der Waals surface area contributed by atoms with E-state index in [-0.39, 0.29) is 22.2 Å². The number of carbonyl (C=O) groups excluding carboxylic acids is 1. The number of hydrogen-bond donors (Lipinski definition) is 2. The van der Waals surface area contributed by atoms with Crippen LogP contribution in [-0.4, -0.2) is 29.0 Å². The number of aromatic nitrogens is 2. The van der Waals surface area contributed by atoms with Gasteiger partial charge in [0.1, 0.15) is 11.6 Å². The van der Waals surface area contributed by atoms with Crippen LogP contribution in [0.5, 0.6) is 5.88 Å². The van der Waals surface area contributed by atoms with Crippen LogP contribution in [0.4, 0.5) is 4.39 Å². The minimum Gasteiger partial charge on any atom is -0.493 e. The lowest BCUT2D eigenvalue weighted by atomic mass is 9.99. The molecule has 0 radical (unpaired) electrons. The molecule has 5 rings (SSSR count). The van der Waals surface area contributed by atoms with Gasteiger partial charge < -0.3 is 10.8 Å². The molecule has 3 aromatic carbocycles. The van der Waals surface area contributed by atoms with E-state index in [1.54, 1.807) is 18.2 Å². The lowest BCUT2D eigenvalue weighted by Gasteiger charge is -2.26. The van der Waals surface area contributed by atoms with Crippen LogP contribution in [0.25, 0.3) is 11.1 Å². The summed E-state index contributed by atoms with van der Waals surface area (Å²) in [5.74, 6) is -1.88. The molecule has 0 spiro atoms. The summed E-state index contributed by atoms with van der Waals surface area (Å²) in [6.07, 6.45) is 3.43. The van der Waals surface area contributed by atoms with Crippen molar-refractivity contribution in [1.29, 1.82) is 5.26 Å². The normalized spacial score (nSPS) is 13.8. The fourth-order valence-electron chi connectivity index (χ4n) is 5.33. The fraction of sp³-hybridized carbons (Fsp3) is 0.250. The zero-order chi connectivity index (χ0) is 30.9. The van der Waals surface area contributed by atoms with Crippen LogP contribution in [0.1, 0.15) is 66.0 Å². The van der Waals surface area contributed by atoms with Crippen molar-refractivity contribution in [3.63, 3.8) is 0 Å². The highest BCUT2D eigenvalue weighted by Crippen LogP contribution is 2.46. The Morgan fingerprint density at radius 2 is 1.88 bits per heavy atom. The molecular formula is C32H29FN4O5S. The zero-order valence-corrected chi connectivity index (χ0v) is 24.1. The SMILES string of the molecule is CCCCc1nc(=O)c(S(=O)(=O)c2ccc(-c3ccc(F)cc3C(N)=O)cc2)c(O)n1[C@H](c1cccc(C#N)c1)C1CC1. The second kappa shape index (κ2) is 11.8. The molecule has 1 aliphatic carbocycles. The molecule has 1 aliphatic rings. The summed E-state index contributed by atoms with van der Waals surface area (Å²) >= 11 is 0. The summed E-state index contributed by atoms with van der Waals surface area (Å²) in [5, 5.41) is 21.1. The molecule has 1 saturated carbocycles. The second-order valence-electron chi connectivity index (χ2n) is 10.6. The van der Waals surface area contributed by atoms with E-state index in [1.807, 2.05) is 13.0 Å². The third-order valence-electron chi connectivity index (χ3n) is 7.58. The number of aromatic hydroxyl groups is 1. The van der Waals surface area contributed by atoms with Gasteiger partial charge in [0.2, 0.25) is 21.6 Å². The molecule has 0 bridgehead atoms. The van der Waals surface area contributed by atoms with E-state index in [2.05, 4.69) is 11.1 Å². The van der Waals surface area contributed by atoms with E-state index in [4.69, 9.17) is 5.73 Å². The lowest BCUT2D eigenvalue weighted by molar-refractivity contribution is 0.100. The Hall–Kier alpha value is -4.82. The summed E-state index contributed by atoms with van der Waals surface area (Å²) < 4.78 is 43.0. The number of carbonyl (C=O) groups is 1. The smallest absolute Gasteiger partial charge is 0.296 e. The molecule has 1 heterocycles. The van der Waals surface area contributed by atoms with Gasteiger partial charge in [0.05, 0.1) is 22.6 Å². The van der Waals surface area contributed by atoms with Gasteiger partial charge in [0.15, 0.2) is 4.90 Å². The third kappa shape index (κ3) is 5.79. The summed E-state index contributed by atoms with van der Waals surface area (Å²) in [4.78, 5) is 28.2. The number of aryl methyl sites for hydroxylation is 1. The molecule has 1 atom stereocenters. The van der Waals surface area contributed by atoms with E-state index in [0.717, 1.165) is 31.4 Å². The van der Waals surface area contributed by atoms with E-state index in [0.29, 0.717) is 35.1 Å². The molecule has 9 nitrogen and oxygen atoms in total. The Morgan fingerprint density at radius 1 is 1.16 bits per heavy atom. The summed E-state index contributed by atoms with van der Waals surface area (Å²) in [6, 6.07) is 17.3. The number of amides is 1. The maximum Gasteiger partial charge on any atom is 0.296 e. The number of nitriles is 1. The quantitative estimate of drug-likeness (QED) is 0.262. The van der Waals surface area contributed by atoms with Crippen LogP contribution in [0.3, 0.4) is 0 Å². The number of unbranched alkanes of at least 4 members (excludes halogenated alkanes) is 1. The molecule has 0 saturated heterocycles. The monoisotopic (exact) mass is 600 g/mol. The second-order valence-corrected chi connectivity index (χ2v) is 12.4. The maximum absolute atomic E-state index is 13.9. The summed E-state index contributed by atoms with van der Waals surface area (Å²) in [6.45, 7) is 1.97. The Kier molecular flexibility index (Phi) is 8.15. The minimum absolute atomic E-state index is 0.0505. The highest BCUT2D eigenvalue weighted by Gasteiger charge is 2.39. The van der Waals surface area contributed by atoms with Crippen LogP contribution < -0.4 is 11.3 Å². The molecule has 1 amide bonds. The van der Waals surface area contributed by atoms with E-state index >= 15 is 0 Å². The number of halogens is 1. The van der Waals surface area contributed by atoms with Crippen molar-refractivity contribution in [2.75, 3.05) is 0 Å². The van der Waals surface area contributed by atoms with E-state index < -0.39 is 43.9 Å². The van der Waals surface area contributed by atoms with Gasteiger partial charge >= 0.3 is 0 Å². The predicted octanol–water partition coefficient (Wildman–Crippen LogP) is 4.90. The van der Waals surface area contributed by atoms with Crippen LogP contribution in [0, 0.1) is 23.1 Å². The predicted molar refractivity (Wildman–Crippen MR) is 157 cm³/mol. The van der Waals surface area contributed by atoms with Gasteiger partial charge in [-0.2, -0.15) is 10.2 Å². The standard InChI is InChI=1S/C32H29FN4O5S/c1-2-3-7-27-36-31(39)29(32(40)37(27)28(21-8-9-21)22-6-4-5-19(16-22)18-34)43(41,42)24-13-10-20(11-14-24)25-15-12-23(33)17-26(25)30(35)38/h4-6,10-17,21,28,40H,2-3,7-9H2,1H3,(H2,35,38)/t28-/m0/s1. The number of nitrogens with two attached hydrogens (primary N) is 1. The van der Waals surface area contributed by atoms with Crippen molar-refractivity contribution in [2.45, 2.75) is 54.9 Å². The Morgan fingerprint density at radius 3 is 2.51 bits per heavy atom. The van der Waals surface area contributed by atoms with Crippen LogP contribution in [-0.2, 0) is 16.3 Å². The molecule has 1 aromatic heterocycles. The van der Waals surface area contributed by atoms with Gasteiger partial charge in [-0.15, -0.1) is 0 Å². The van der Waals surface area contributed by atoms with Gasteiger partial charge in [-0.05, 0) is 78.3 Å². The first-order chi connectivity index (χ1) is 20.6. The topological polar surface area (TPSA) is 156 Å². The van der Waals surface area contributed by atoms with Crippen molar-refractivity contribution >= 4 is 15.7 Å². The van der Waals surface area contributed by atoms with Gasteiger partial charge in [-0.1, -0.05) is 43.7 Å². The molecule has 11 heteroatoms. The molecule has 3 N–H and O–H groups in total. The fourth-order valence-corrected chi connectivity index (χ4v) is 6.67. The Labute approximate surface area is 248 Å². The van der Waals surface area contributed by atoms with Gasteiger partial charge in [-0.25, -0.2) is 12.8 Å². The highest BCUT2D eigenvalue weighted by molar-refractivity contribution is 7.91. The van der Waals surface area contributed by atoms with Crippen LogP contribution >= 0.6 is 0 Å². The van der Waals surface area contributed by atoms with Gasteiger partial charge in [0.25, 0.3) is 5.56 Å². The average Bonchev–Trinajstić information content (AvgIpc) is 3.83. The number of nitrogens with zero attached hydrogens (tertiary/aromatic N) is 3. The first kappa shape index (κ1) is 29.7. The van der Waals surface area contributed by atoms with E-state index in [1.165, 1.54) is 34.9 Å². The average molecular weight is 601 g/mol. The van der Waals surface area contributed by atoms with Gasteiger partial charge in [-0.3, -0.25) is 14.2 Å². The maximum atomic E-state index is 13.9. The van der Waals surface area contributed by atoms with Crippen molar-refractivity contribution in [2.24, 2.45) is 11.7 Å². The first-order valence-electron chi connectivity index (χ1n) is 13.9. The van der Waals surface area contributed by atoms with Crippen molar-refractivity contribution in [1.82, 2.24) is 9.55 Å². The van der Waals surface area contributed by atoms with Gasteiger partial charge in [0, 0.05) is 12.0 Å². The number of benzene rings is 3.